The second-order valence-corrected chi connectivity index (χ2v) is 4.44. The van der Waals surface area contributed by atoms with Gasteiger partial charge >= 0.3 is 0 Å². The summed E-state index contributed by atoms with van der Waals surface area (Å²) < 4.78 is 7.33. The lowest BCUT2D eigenvalue weighted by atomic mass is 10.1. The Balaban J connectivity index is 1.88. The molecule has 3 heterocycles. The third-order valence-corrected chi connectivity index (χ3v) is 3.23. The highest BCUT2D eigenvalue weighted by Gasteiger charge is 2.24. The maximum Gasteiger partial charge on any atom is 0.176 e. The lowest BCUT2D eigenvalue weighted by molar-refractivity contribution is 0.121. The van der Waals surface area contributed by atoms with Gasteiger partial charge in [-0.1, -0.05) is 0 Å². The molecule has 1 fully saturated rings. The van der Waals surface area contributed by atoms with Gasteiger partial charge < -0.3 is 10.1 Å². The fourth-order valence-electron chi connectivity index (χ4n) is 2.21. The molecule has 0 aliphatic carbocycles. The van der Waals surface area contributed by atoms with E-state index in [0.29, 0.717) is 6.04 Å². The first-order chi connectivity index (χ1) is 8.84. The van der Waals surface area contributed by atoms with Gasteiger partial charge in [0.05, 0.1) is 17.8 Å². The highest BCUT2D eigenvalue weighted by molar-refractivity contribution is 5.57. The summed E-state index contributed by atoms with van der Waals surface area (Å²) in [6.07, 6.45) is 6.67. The number of pyridine rings is 1. The van der Waals surface area contributed by atoms with Gasteiger partial charge in [-0.05, 0) is 31.5 Å². The van der Waals surface area contributed by atoms with E-state index in [-0.39, 0.29) is 6.10 Å². The maximum absolute atomic E-state index is 5.56. The summed E-state index contributed by atoms with van der Waals surface area (Å²) in [5, 5.41) is 7.72. The lowest BCUT2D eigenvalue weighted by Crippen LogP contribution is -2.27. The second kappa shape index (κ2) is 4.78. The molecule has 2 atom stereocenters. The first-order valence-corrected chi connectivity index (χ1v) is 6.18. The Bertz CT molecular complexity index is 511. The predicted molar refractivity (Wildman–Crippen MR) is 68.8 cm³/mol. The molecule has 18 heavy (non-hydrogen) atoms. The first kappa shape index (κ1) is 11.2. The molecule has 0 saturated carbocycles. The number of nitrogens with zero attached hydrogens (tertiary/aromatic N) is 3. The van der Waals surface area contributed by atoms with Crippen molar-refractivity contribution in [1.82, 2.24) is 14.8 Å². The number of hydrogen-bond donors (Lipinski definition) is 1. The van der Waals surface area contributed by atoms with E-state index in [1.165, 1.54) is 0 Å². The van der Waals surface area contributed by atoms with Crippen LogP contribution in [0, 0.1) is 0 Å². The van der Waals surface area contributed by atoms with Crippen LogP contribution in [0.4, 0.5) is 5.69 Å². The van der Waals surface area contributed by atoms with Gasteiger partial charge in [-0.2, -0.15) is 5.10 Å². The van der Waals surface area contributed by atoms with Crippen LogP contribution in [-0.2, 0) is 4.74 Å². The summed E-state index contributed by atoms with van der Waals surface area (Å²) in [4.78, 5) is 4.39. The fourth-order valence-corrected chi connectivity index (χ4v) is 2.21. The molecular weight excluding hydrogens is 228 g/mol. The van der Waals surface area contributed by atoms with Crippen LogP contribution in [0.5, 0.6) is 0 Å². The van der Waals surface area contributed by atoms with Crippen molar-refractivity contribution < 1.29 is 4.74 Å². The molecule has 1 aliphatic rings. The van der Waals surface area contributed by atoms with Crippen molar-refractivity contribution in [3.05, 3.63) is 36.8 Å². The topological polar surface area (TPSA) is 52.0 Å². The average Bonchev–Trinajstić information content (AvgIpc) is 3.03. The smallest absolute Gasteiger partial charge is 0.176 e. The number of nitrogens with one attached hydrogen (secondary N) is 1. The molecule has 2 unspecified atom stereocenters. The van der Waals surface area contributed by atoms with Gasteiger partial charge in [-0.25, -0.2) is 9.67 Å². The molecule has 5 heteroatoms. The summed E-state index contributed by atoms with van der Waals surface area (Å²) in [5.74, 6) is 0.821. The largest absolute Gasteiger partial charge is 0.377 e. The molecule has 0 bridgehead atoms. The minimum absolute atomic E-state index is 0.232. The monoisotopic (exact) mass is 244 g/mol. The Morgan fingerprint density at radius 1 is 1.39 bits per heavy atom. The Kier molecular flexibility index (Phi) is 2.98. The minimum Gasteiger partial charge on any atom is -0.377 e. The zero-order valence-corrected chi connectivity index (χ0v) is 10.3. The van der Waals surface area contributed by atoms with Crippen molar-refractivity contribution in [1.29, 1.82) is 0 Å². The van der Waals surface area contributed by atoms with Crippen molar-refractivity contribution in [2.75, 3.05) is 11.9 Å². The fraction of sp³-hybridized carbons (Fsp3) is 0.385. The minimum atomic E-state index is 0.232. The molecule has 2 aromatic rings. The van der Waals surface area contributed by atoms with Crippen LogP contribution in [0.1, 0.15) is 13.3 Å². The van der Waals surface area contributed by atoms with E-state index in [0.717, 1.165) is 24.5 Å². The molecule has 0 amide bonds. The van der Waals surface area contributed by atoms with Gasteiger partial charge in [0.15, 0.2) is 5.82 Å². The normalized spacial score (nSPS) is 23.2. The summed E-state index contributed by atoms with van der Waals surface area (Å²) in [5.41, 5.74) is 0.989. The Morgan fingerprint density at radius 2 is 2.33 bits per heavy atom. The lowest BCUT2D eigenvalue weighted by Gasteiger charge is -2.19. The highest BCUT2D eigenvalue weighted by Crippen LogP contribution is 2.22. The molecular formula is C13H16N4O. The quantitative estimate of drug-likeness (QED) is 0.895. The summed E-state index contributed by atoms with van der Waals surface area (Å²) in [7, 11) is 0. The van der Waals surface area contributed by atoms with Crippen molar-refractivity contribution in [3.63, 3.8) is 0 Å². The van der Waals surface area contributed by atoms with Crippen LogP contribution in [0.2, 0.25) is 0 Å². The van der Waals surface area contributed by atoms with Gasteiger partial charge in [0.2, 0.25) is 0 Å². The van der Waals surface area contributed by atoms with E-state index in [2.05, 4.69) is 22.3 Å². The Hall–Kier alpha value is -1.88. The molecule has 0 spiro atoms. The van der Waals surface area contributed by atoms with Gasteiger partial charge in [0, 0.05) is 25.2 Å². The summed E-state index contributed by atoms with van der Waals surface area (Å²) >= 11 is 0. The second-order valence-electron chi connectivity index (χ2n) is 4.44. The van der Waals surface area contributed by atoms with Crippen molar-refractivity contribution >= 4 is 5.69 Å². The van der Waals surface area contributed by atoms with E-state index in [1.54, 1.807) is 17.1 Å². The zero-order chi connectivity index (χ0) is 12.4. The SMILES string of the molecule is CC1OCCC1Nc1cccnc1-n1cccn1. The molecule has 1 aliphatic heterocycles. The molecule has 94 valence electrons. The van der Waals surface area contributed by atoms with Crippen LogP contribution in [-0.4, -0.2) is 33.5 Å². The average molecular weight is 244 g/mol. The first-order valence-electron chi connectivity index (χ1n) is 6.18. The number of rotatable bonds is 3. The third kappa shape index (κ3) is 2.09. The molecule has 0 aromatic carbocycles. The molecule has 5 nitrogen and oxygen atoms in total. The van der Waals surface area contributed by atoms with Crippen LogP contribution in [0.25, 0.3) is 5.82 Å². The van der Waals surface area contributed by atoms with Crippen molar-refractivity contribution in [3.8, 4) is 5.82 Å². The van der Waals surface area contributed by atoms with Crippen LogP contribution in [0.3, 0.4) is 0 Å². The summed E-state index contributed by atoms with van der Waals surface area (Å²) in [6, 6.07) is 6.17. The third-order valence-electron chi connectivity index (χ3n) is 3.23. The Labute approximate surface area is 106 Å². The highest BCUT2D eigenvalue weighted by atomic mass is 16.5. The number of aromatic nitrogens is 3. The zero-order valence-electron chi connectivity index (χ0n) is 10.3. The van der Waals surface area contributed by atoms with Crippen LogP contribution >= 0.6 is 0 Å². The van der Waals surface area contributed by atoms with Gasteiger partial charge in [-0.15, -0.1) is 0 Å². The Morgan fingerprint density at radius 3 is 3.06 bits per heavy atom. The van der Waals surface area contributed by atoms with Crippen LogP contribution < -0.4 is 5.32 Å². The van der Waals surface area contributed by atoms with Crippen LogP contribution in [0.15, 0.2) is 36.8 Å². The van der Waals surface area contributed by atoms with Crippen molar-refractivity contribution in [2.45, 2.75) is 25.5 Å². The maximum atomic E-state index is 5.56. The van der Waals surface area contributed by atoms with Gasteiger partial charge in [0.25, 0.3) is 0 Å². The van der Waals surface area contributed by atoms with Gasteiger partial charge in [0.1, 0.15) is 0 Å². The molecule has 2 aromatic heterocycles. The molecule has 3 rings (SSSR count). The summed E-state index contributed by atoms with van der Waals surface area (Å²) in [6.45, 7) is 2.91. The van der Waals surface area contributed by atoms with E-state index >= 15 is 0 Å². The predicted octanol–water partition coefficient (Wildman–Crippen LogP) is 1.86. The number of ether oxygens (including phenoxy) is 1. The molecule has 0 radical (unpaired) electrons. The standard InChI is InChI=1S/C13H16N4O/c1-10-11(5-9-18-10)16-12-4-2-6-14-13(12)17-8-3-7-15-17/h2-4,6-8,10-11,16H,5,9H2,1H3. The van der Waals surface area contributed by atoms with Crippen molar-refractivity contribution in [2.24, 2.45) is 0 Å². The van der Waals surface area contributed by atoms with E-state index in [4.69, 9.17) is 4.74 Å². The van der Waals surface area contributed by atoms with E-state index in [1.807, 2.05) is 24.4 Å². The molecule has 1 N–H and O–H groups in total. The number of hydrogen-bond acceptors (Lipinski definition) is 4. The van der Waals surface area contributed by atoms with E-state index in [9.17, 15) is 0 Å². The number of anilines is 1. The van der Waals surface area contributed by atoms with Gasteiger partial charge in [-0.3, -0.25) is 0 Å². The van der Waals surface area contributed by atoms with E-state index < -0.39 is 0 Å². The molecule has 1 saturated heterocycles.